The van der Waals surface area contributed by atoms with Crippen molar-refractivity contribution in [2.24, 2.45) is 0 Å². The zero-order valence-electron chi connectivity index (χ0n) is 18.7. The molecule has 1 heterocycles. The molecule has 1 aliphatic rings. The van der Waals surface area contributed by atoms with Crippen LogP contribution in [0.4, 0.5) is 5.69 Å². The predicted molar refractivity (Wildman–Crippen MR) is 129 cm³/mol. The molecule has 0 saturated heterocycles. The number of carbonyl (C=O) groups excluding carboxylic acids is 1. The first-order valence-electron chi connectivity index (χ1n) is 10.7. The third kappa shape index (κ3) is 3.38. The van der Waals surface area contributed by atoms with Crippen molar-refractivity contribution in [3.8, 4) is 16.9 Å². The lowest BCUT2D eigenvalue weighted by molar-refractivity contribution is -0.111. The van der Waals surface area contributed by atoms with Crippen LogP contribution in [-0.2, 0) is 11.2 Å². The molecule has 1 amide bonds. The van der Waals surface area contributed by atoms with Crippen LogP contribution in [-0.4, -0.2) is 13.0 Å². The third-order valence-corrected chi connectivity index (χ3v) is 6.33. The normalized spacial score (nSPS) is 12.6. The Morgan fingerprint density at radius 3 is 2.62 bits per heavy atom. The van der Waals surface area contributed by atoms with E-state index in [1.165, 1.54) is 22.3 Å². The molecule has 0 atom stereocenters. The average Bonchev–Trinajstić information content (AvgIpc) is 3.28. The quantitative estimate of drug-likeness (QED) is 0.328. The lowest BCUT2D eigenvalue weighted by Gasteiger charge is -2.10. The standard InChI is InChI=1S/C28H25NO3/c1-16(24-14-25-17(2)18(3)32-27(25)15-26(24)31-4)11-28(30)29-21-9-10-23-20(13-21)12-19-7-5-6-8-22(19)23/h5-11,13-15H,12H2,1-4H3,(H,29,30)/b16-11+. The average molecular weight is 424 g/mol. The summed E-state index contributed by atoms with van der Waals surface area (Å²) in [5.74, 6) is 1.40. The highest BCUT2D eigenvalue weighted by molar-refractivity contribution is 6.05. The minimum absolute atomic E-state index is 0.166. The van der Waals surface area contributed by atoms with Gasteiger partial charge in [-0.2, -0.15) is 0 Å². The van der Waals surface area contributed by atoms with Gasteiger partial charge in [-0.15, -0.1) is 0 Å². The van der Waals surface area contributed by atoms with Gasteiger partial charge in [0, 0.05) is 28.8 Å². The second-order valence-electron chi connectivity index (χ2n) is 8.35. The molecule has 0 bridgehead atoms. The molecule has 5 rings (SSSR count). The van der Waals surface area contributed by atoms with E-state index < -0.39 is 0 Å². The number of benzene rings is 3. The van der Waals surface area contributed by atoms with Crippen LogP contribution >= 0.6 is 0 Å². The van der Waals surface area contributed by atoms with Crippen molar-refractivity contribution in [1.29, 1.82) is 0 Å². The fourth-order valence-corrected chi connectivity index (χ4v) is 4.52. The highest BCUT2D eigenvalue weighted by Gasteiger charge is 2.18. The number of ether oxygens (including phenoxy) is 1. The van der Waals surface area contributed by atoms with Crippen molar-refractivity contribution in [1.82, 2.24) is 0 Å². The second-order valence-corrected chi connectivity index (χ2v) is 8.35. The zero-order chi connectivity index (χ0) is 22.4. The number of nitrogens with one attached hydrogen (secondary N) is 1. The molecule has 4 aromatic rings. The van der Waals surface area contributed by atoms with Crippen LogP contribution in [0.3, 0.4) is 0 Å². The van der Waals surface area contributed by atoms with Gasteiger partial charge in [-0.05, 0) is 78.8 Å². The molecule has 0 radical (unpaired) electrons. The Hall–Kier alpha value is -3.79. The number of methoxy groups -OCH3 is 1. The van der Waals surface area contributed by atoms with Crippen LogP contribution in [0, 0.1) is 13.8 Å². The Kier molecular flexibility index (Phi) is 4.86. The first-order chi connectivity index (χ1) is 15.4. The molecule has 1 aromatic heterocycles. The Morgan fingerprint density at radius 1 is 1.03 bits per heavy atom. The number of allylic oxidation sites excluding steroid dienone is 1. The summed E-state index contributed by atoms with van der Waals surface area (Å²) < 4.78 is 11.4. The van der Waals surface area contributed by atoms with Gasteiger partial charge in [-0.3, -0.25) is 4.79 Å². The van der Waals surface area contributed by atoms with E-state index >= 15 is 0 Å². The fraction of sp³-hybridized carbons (Fsp3) is 0.179. The minimum Gasteiger partial charge on any atom is -0.496 e. The van der Waals surface area contributed by atoms with Gasteiger partial charge in [0.25, 0.3) is 0 Å². The molecule has 0 unspecified atom stereocenters. The van der Waals surface area contributed by atoms with Crippen LogP contribution in [0.15, 0.2) is 65.1 Å². The number of fused-ring (bicyclic) bond motifs is 4. The molecule has 3 aromatic carbocycles. The minimum atomic E-state index is -0.166. The van der Waals surface area contributed by atoms with Gasteiger partial charge < -0.3 is 14.5 Å². The van der Waals surface area contributed by atoms with Crippen molar-refractivity contribution in [3.05, 3.63) is 88.7 Å². The summed E-state index contributed by atoms with van der Waals surface area (Å²) in [4.78, 5) is 12.8. The van der Waals surface area contributed by atoms with Crippen molar-refractivity contribution in [2.45, 2.75) is 27.2 Å². The molecule has 160 valence electrons. The Bertz CT molecular complexity index is 1410. The summed E-state index contributed by atoms with van der Waals surface area (Å²) in [7, 11) is 1.63. The maximum atomic E-state index is 12.8. The monoisotopic (exact) mass is 423 g/mol. The molecular formula is C28H25NO3. The number of amides is 1. The number of anilines is 1. The van der Waals surface area contributed by atoms with Crippen LogP contribution in [0.2, 0.25) is 0 Å². The molecule has 1 aliphatic carbocycles. The lowest BCUT2D eigenvalue weighted by Crippen LogP contribution is -2.09. The maximum Gasteiger partial charge on any atom is 0.248 e. The van der Waals surface area contributed by atoms with E-state index in [1.54, 1.807) is 13.2 Å². The zero-order valence-corrected chi connectivity index (χ0v) is 18.7. The van der Waals surface area contributed by atoms with Crippen LogP contribution in [0.1, 0.15) is 34.9 Å². The van der Waals surface area contributed by atoms with E-state index in [9.17, 15) is 4.79 Å². The van der Waals surface area contributed by atoms with Crippen molar-refractivity contribution in [3.63, 3.8) is 0 Å². The molecular weight excluding hydrogens is 398 g/mol. The first-order valence-corrected chi connectivity index (χ1v) is 10.7. The number of furan rings is 1. The molecule has 1 N–H and O–H groups in total. The fourth-order valence-electron chi connectivity index (χ4n) is 4.52. The summed E-state index contributed by atoms with van der Waals surface area (Å²) in [6, 6.07) is 18.5. The van der Waals surface area contributed by atoms with Crippen molar-refractivity contribution >= 4 is 28.1 Å². The number of carbonyl (C=O) groups is 1. The van der Waals surface area contributed by atoms with E-state index in [1.807, 2.05) is 39.0 Å². The topological polar surface area (TPSA) is 51.5 Å². The van der Waals surface area contributed by atoms with Gasteiger partial charge in [0.05, 0.1) is 7.11 Å². The van der Waals surface area contributed by atoms with Gasteiger partial charge in [-0.1, -0.05) is 30.3 Å². The van der Waals surface area contributed by atoms with E-state index in [4.69, 9.17) is 9.15 Å². The van der Waals surface area contributed by atoms with Crippen LogP contribution in [0.5, 0.6) is 5.75 Å². The smallest absolute Gasteiger partial charge is 0.248 e. The third-order valence-electron chi connectivity index (χ3n) is 6.33. The van der Waals surface area contributed by atoms with Gasteiger partial charge in [0.1, 0.15) is 17.1 Å². The summed E-state index contributed by atoms with van der Waals surface area (Å²) in [5, 5.41) is 4.05. The first kappa shape index (κ1) is 20.1. The number of rotatable bonds is 4. The summed E-state index contributed by atoms with van der Waals surface area (Å²) in [5.41, 5.74) is 9.48. The number of hydrogen-bond acceptors (Lipinski definition) is 3. The molecule has 0 spiro atoms. The molecule has 0 aliphatic heterocycles. The van der Waals surface area contributed by atoms with Gasteiger partial charge in [-0.25, -0.2) is 0 Å². The highest BCUT2D eigenvalue weighted by Crippen LogP contribution is 2.38. The van der Waals surface area contributed by atoms with Crippen LogP contribution in [0.25, 0.3) is 27.7 Å². The Labute approximate surface area is 187 Å². The van der Waals surface area contributed by atoms with Crippen LogP contribution < -0.4 is 10.1 Å². The van der Waals surface area contributed by atoms with E-state index in [2.05, 4.69) is 41.7 Å². The molecule has 32 heavy (non-hydrogen) atoms. The van der Waals surface area contributed by atoms with E-state index in [0.717, 1.165) is 45.5 Å². The van der Waals surface area contributed by atoms with E-state index in [-0.39, 0.29) is 5.91 Å². The van der Waals surface area contributed by atoms with E-state index in [0.29, 0.717) is 5.75 Å². The summed E-state index contributed by atoms with van der Waals surface area (Å²) in [6.07, 6.45) is 2.51. The van der Waals surface area contributed by atoms with Crippen molar-refractivity contribution < 1.29 is 13.9 Å². The largest absolute Gasteiger partial charge is 0.496 e. The second kappa shape index (κ2) is 7.72. The number of aryl methyl sites for hydroxylation is 2. The predicted octanol–water partition coefficient (Wildman–Crippen LogP) is 6.67. The van der Waals surface area contributed by atoms with Crippen molar-refractivity contribution in [2.75, 3.05) is 12.4 Å². The Balaban J connectivity index is 1.41. The SMILES string of the molecule is COc1cc2oc(C)c(C)c2cc1/C(C)=C/C(=O)Nc1ccc2c(c1)Cc1ccccc1-2. The maximum absolute atomic E-state index is 12.8. The Morgan fingerprint density at radius 2 is 1.81 bits per heavy atom. The summed E-state index contributed by atoms with van der Waals surface area (Å²) >= 11 is 0. The number of hydrogen-bond donors (Lipinski definition) is 1. The summed E-state index contributed by atoms with van der Waals surface area (Å²) in [6.45, 7) is 5.91. The molecule has 0 saturated carbocycles. The van der Waals surface area contributed by atoms with Gasteiger partial charge in [0.2, 0.25) is 5.91 Å². The molecule has 0 fully saturated rings. The van der Waals surface area contributed by atoms with Gasteiger partial charge >= 0.3 is 0 Å². The highest BCUT2D eigenvalue weighted by atomic mass is 16.5. The van der Waals surface area contributed by atoms with Gasteiger partial charge in [0.15, 0.2) is 0 Å². The lowest BCUT2D eigenvalue weighted by atomic mass is 10.0. The molecule has 4 heteroatoms. The molecule has 4 nitrogen and oxygen atoms in total.